The number of carbonyl (C=O) groups is 3. The van der Waals surface area contributed by atoms with Crippen molar-refractivity contribution in [2.75, 3.05) is 0 Å². The zero-order valence-electron chi connectivity index (χ0n) is 25.1. The molecular formula is C36H41ClO6. The third kappa shape index (κ3) is 11.4. The van der Waals surface area contributed by atoms with Gasteiger partial charge in [-0.25, -0.2) is 4.79 Å². The molecule has 0 aliphatic rings. The summed E-state index contributed by atoms with van der Waals surface area (Å²) in [6.07, 6.45) is 10.8. The van der Waals surface area contributed by atoms with E-state index in [1.54, 1.807) is 24.3 Å². The summed E-state index contributed by atoms with van der Waals surface area (Å²) in [5, 5.41) is -0.736. The van der Waals surface area contributed by atoms with E-state index in [4.69, 9.17) is 25.8 Å². The van der Waals surface area contributed by atoms with E-state index in [0.717, 1.165) is 43.2 Å². The van der Waals surface area contributed by atoms with E-state index in [2.05, 4.69) is 6.58 Å². The second kappa shape index (κ2) is 17.9. The van der Waals surface area contributed by atoms with Crippen LogP contribution in [0.4, 0.5) is 0 Å². The van der Waals surface area contributed by atoms with Crippen LogP contribution in [0.5, 0.6) is 17.2 Å². The van der Waals surface area contributed by atoms with Crippen molar-refractivity contribution in [2.45, 2.75) is 77.0 Å². The van der Waals surface area contributed by atoms with Crippen molar-refractivity contribution >= 4 is 29.5 Å². The van der Waals surface area contributed by atoms with Gasteiger partial charge in [-0.1, -0.05) is 76.3 Å². The smallest absolute Gasteiger partial charge is 0.343 e. The fourth-order valence-corrected chi connectivity index (χ4v) is 4.54. The summed E-state index contributed by atoms with van der Waals surface area (Å²) in [6, 6.07) is 20.6. The SMILES string of the molecule is C=CCCCCCCCCC(=O)Oc1ccc(-c2ccc(OC(=O)c3ccc(OC(=O)[C@@H](Cl)[C@@H](C)CC)cc3)cc2)cc1. The second-order valence-corrected chi connectivity index (χ2v) is 11.1. The Morgan fingerprint density at radius 1 is 0.721 bits per heavy atom. The standard InChI is InChI=1S/C36H41ClO6/c1-4-6-7-8-9-10-11-12-13-33(38)41-30-20-14-27(15-21-30)28-16-22-31(23-17-28)42-35(39)29-18-24-32(25-19-29)43-36(40)34(37)26(3)5-2/h4,14-26,34H,1,5-13H2,2-3H3/t26-,34-/m0/s1. The van der Waals surface area contributed by atoms with Crippen LogP contribution in [0.15, 0.2) is 85.5 Å². The van der Waals surface area contributed by atoms with Crippen LogP contribution in [0.2, 0.25) is 0 Å². The minimum atomic E-state index is -0.736. The summed E-state index contributed by atoms with van der Waals surface area (Å²) < 4.78 is 16.3. The van der Waals surface area contributed by atoms with Crippen LogP contribution in [0.1, 0.15) is 82.0 Å². The number of ether oxygens (including phenoxy) is 3. The summed E-state index contributed by atoms with van der Waals surface area (Å²) in [5.74, 6) is -0.0589. The highest BCUT2D eigenvalue weighted by Crippen LogP contribution is 2.26. The lowest BCUT2D eigenvalue weighted by Crippen LogP contribution is -2.26. The van der Waals surface area contributed by atoms with Gasteiger partial charge in [-0.15, -0.1) is 18.2 Å². The van der Waals surface area contributed by atoms with Crippen LogP contribution in [-0.4, -0.2) is 23.3 Å². The van der Waals surface area contributed by atoms with Gasteiger partial charge in [0.15, 0.2) is 0 Å². The number of esters is 3. The Labute approximate surface area is 260 Å². The highest BCUT2D eigenvalue weighted by Gasteiger charge is 2.23. The lowest BCUT2D eigenvalue weighted by molar-refractivity contribution is -0.135. The lowest BCUT2D eigenvalue weighted by atomic mass is 10.1. The first kappa shape index (κ1) is 33.6. The molecule has 0 saturated heterocycles. The van der Waals surface area contributed by atoms with E-state index >= 15 is 0 Å². The Morgan fingerprint density at radius 3 is 1.77 bits per heavy atom. The predicted octanol–water partition coefficient (Wildman–Crippen LogP) is 9.34. The molecule has 7 heteroatoms. The fourth-order valence-electron chi connectivity index (χ4n) is 4.32. The molecule has 2 atom stereocenters. The fraction of sp³-hybridized carbons (Fsp3) is 0.361. The van der Waals surface area contributed by atoms with Gasteiger partial charge in [-0.2, -0.15) is 0 Å². The highest BCUT2D eigenvalue weighted by molar-refractivity contribution is 6.30. The molecule has 43 heavy (non-hydrogen) atoms. The van der Waals surface area contributed by atoms with Gasteiger partial charge >= 0.3 is 17.9 Å². The van der Waals surface area contributed by atoms with Crippen molar-refractivity contribution in [1.29, 1.82) is 0 Å². The first-order valence-electron chi connectivity index (χ1n) is 15.0. The Hall–Kier alpha value is -3.90. The van der Waals surface area contributed by atoms with E-state index in [-0.39, 0.29) is 11.9 Å². The van der Waals surface area contributed by atoms with E-state index in [1.807, 2.05) is 44.2 Å². The monoisotopic (exact) mass is 604 g/mol. The number of unbranched alkanes of at least 4 members (excludes halogenated alkanes) is 6. The Bertz CT molecular complexity index is 1320. The molecule has 0 aliphatic heterocycles. The minimum Gasteiger partial charge on any atom is -0.427 e. The normalized spacial score (nSPS) is 12.2. The molecule has 0 unspecified atom stereocenters. The van der Waals surface area contributed by atoms with E-state index in [1.165, 1.54) is 43.5 Å². The molecule has 0 N–H and O–H groups in total. The van der Waals surface area contributed by atoms with Crippen LogP contribution >= 0.6 is 11.6 Å². The average molecular weight is 605 g/mol. The summed E-state index contributed by atoms with van der Waals surface area (Å²) in [4.78, 5) is 37.0. The zero-order chi connectivity index (χ0) is 31.0. The summed E-state index contributed by atoms with van der Waals surface area (Å²) >= 11 is 6.15. The van der Waals surface area contributed by atoms with Crippen LogP contribution in [-0.2, 0) is 9.59 Å². The van der Waals surface area contributed by atoms with E-state index < -0.39 is 17.3 Å². The Morgan fingerprint density at radius 2 is 1.21 bits per heavy atom. The zero-order valence-corrected chi connectivity index (χ0v) is 25.8. The Balaban J connectivity index is 1.44. The molecule has 0 saturated carbocycles. The molecule has 0 bridgehead atoms. The predicted molar refractivity (Wildman–Crippen MR) is 171 cm³/mol. The maximum atomic E-state index is 12.6. The first-order chi connectivity index (χ1) is 20.8. The molecule has 0 radical (unpaired) electrons. The number of carbonyl (C=O) groups excluding carboxylic acids is 3. The van der Waals surface area contributed by atoms with Crippen molar-refractivity contribution in [3.63, 3.8) is 0 Å². The van der Waals surface area contributed by atoms with Gasteiger partial charge in [0, 0.05) is 6.42 Å². The molecule has 0 aliphatic carbocycles. The number of rotatable bonds is 17. The third-order valence-corrected chi connectivity index (χ3v) is 7.81. The lowest BCUT2D eigenvalue weighted by Gasteiger charge is -2.14. The summed E-state index contributed by atoms with van der Waals surface area (Å²) in [5.41, 5.74) is 2.18. The number of hydrogen-bond acceptors (Lipinski definition) is 6. The quantitative estimate of drug-likeness (QED) is 0.0502. The van der Waals surface area contributed by atoms with Crippen molar-refractivity contribution in [1.82, 2.24) is 0 Å². The second-order valence-electron chi connectivity index (χ2n) is 10.6. The van der Waals surface area contributed by atoms with Crippen LogP contribution in [0.25, 0.3) is 11.1 Å². The molecule has 6 nitrogen and oxygen atoms in total. The molecule has 3 rings (SSSR count). The van der Waals surface area contributed by atoms with Gasteiger partial charge < -0.3 is 14.2 Å². The maximum absolute atomic E-state index is 12.6. The summed E-state index contributed by atoms with van der Waals surface area (Å²) in [6.45, 7) is 7.58. The van der Waals surface area contributed by atoms with Crippen molar-refractivity contribution in [3.05, 3.63) is 91.0 Å². The van der Waals surface area contributed by atoms with Gasteiger partial charge in [0.05, 0.1) is 5.56 Å². The molecule has 0 fully saturated rings. The first-order valence-corrected chi connectivity index (χ1v) is 15.4. The Kier molecular flexibility index (Phi) is 14.0. The van der Waals surface area contributed by atoms with Crippen LogP contribution in [0, 0.1) is 5.92 Å². The van der Waals surface area contributed by atoms with Gasteiger partial charge in [0.25, 0.3) is 0 Å². The van der Waals surface area contributed by atoms with Gasteiger partial charge in [-0.3, -0.25) is 9.59 Å². The average Bonchev–Trinajstić information content (AvgIpc) is 3.02. The molecule has 3 aromatic carbocycles. The van der Waals surface area contributed by atoms with Gasteiger partial charge in [-0.05, 0) is 84.8 Å². The molecule has 228 valence electrons. The molecule has 0 amide bonds. The van der Waals surface area contributed by atoms with E-state index in [9.17, 15) is 14.4 Å². The maximum Gasteiger partial charge on any atom is 0.343 e. The minimum absolute atomic E-state index is 0.00812. The van der Waals surface area contributed by atoms with Crippen molar-refractivity contribution in [2.24, 2.45) is 5.92 Å². The topological polar surface area (TPSA) is 78.9 Å². The third-order valence-electron chi connectivity index (χ3n) is 7.20. The molecular weight excluding hydrogens is 564 g/mol. The molecule has 3 aromatic rings. The van der Waals surface area contributed by atoms with Crippen molar-refractivity contribution < 1.29 is 28.6 Å². The number of benzene rings is 3. The van der Waals surface area contributed by atoms with E-state index in [0.29, 0.717) is 29.2 Å². The van der Waals surface area contributed by atoms with Crippen LogP contribution < -0.4 is 14.2 Å². The van der Waals surface area contributed by atoms with Gasteiger partial charge in [0.1, 0.15) is 22.6 Å². The molecule has 0 heterocycles. The molecule has 0 aromatic heterocycles. The highest BCUT2D eigenvalue weighted by atomic mass is 35.5. The number of hydrogen-bond donors (Lipinski definition) is 0. The number of alkyl halides is 1. The number of halogens is 1. The van der Waals surface area contributed by atoms with Gasteiger partial charge in [0.2, 0.25) is 0 Å². The van der Waals surface area contributed by atoms with Crippen LogP contribution in [0.3, 0.4) is 0 Å². The number of allylic oxidation sites excluding steroid dienone is 1. The van der Waals surface area contributed by atoms with Crippen molar-refractivity contribution in [3.8, 4) is 28.4 Å². The summed E-state index contributed by atoms with van der Waals surface area (Å²) in [7, 11) is 0. The molecule has 0 spiro atoms. The largest absolute Gasteiger partial charge is 0.427 e.